The smallest absolute Gasteiger partial charge is 0.242 e. The largest absolute Gasteiger partial charge is 0.357 e. The molecule has 6 heteroatoms. The number of rotatable bonds is 8. The third-order valence-electron chi connectivity index (χ3n) is 3.75. The van der Waals surface area contributed by atoms with Crippen LogP contribution >= 0.6 is 11.3 Å². The Bertz CT molecular complexity index is 655. The summed E-state index contributed by atoms with van der Waals surface area (Å²) in [6, 6.07) is 12.0. The van der Waals surface area contributed by atoms with Crippen LogP contribution < -0.4 is 16.0 Å². The van der Waals surface area contributed by atoms with Gasteiger partial charge in [-0.15, -0.1) is 0 Å². The van der Waals surface area contributed by atoms with E-state index in [9.17, 15) is 4.79 Å². The van der Waals surface area contributed by atoms with Crippen molar-refractivity contribution >= 4 is 23.2 Å². The van der Waals surface area contributed by atoms with Crippen molar-refractivity contribution in [1.82, 2.24) is 16.0 Å². The zero-order chi connectivity index (χ0) is 17.9. The second-order valence-corrected chi connectivity index (χ2v) is 6.58. The molecule has 0 aliphatic carbocycles. The van der Waals surface area contributed by atoms with Gasteiger partial charge in [0.05, 0.1) is 0 Å². The van der Waals surface area contributed by atoms with Crippen molar-refractivity contribution in [3.05, 3.63) is 58.3 Å². The molecule has 0 spiro atoms. The number of hydrogen-bond donors (Lipinski definition) is 3. The minimum atomic E-state index is -0.0908. The van der Waals surface area contributed by atoms with Crippen LogP contribution in [0.25, 0.3) is 0 Å². The molecule has 1 aromatic carbocycles. The van der Waals surface area contributed by atoms with E-state index in [1.807, 2.05) is 37.3 Å². The highest BCUT2D eigenvalue weighted by Crippen LogP contribution is 2.16. The highest BCUT2D eigenvalue weighted by Gasteiger charge is 2.07. The van der Waals surface area contributed by atoms with Crippen LogP contribution in [0, 0.1) is 0 Å². The van der Waals surface area contributed by atoms with E-state index in [1.165, 1.54) is 5.56 Å². The van der Waals surface area contributed by atoms with Crippen molar-refractivity contribution in [2.24, 2.45) is 4.99 Å². The molecule has 1 amide bonds. The maximum Gasteiger partial charge on any atom is 0.242 e. The van der Waals surface area contributed by atoms with Gasteiger partial charge in [-0.2, -0.15) is 11.3 Å². The van der Waals surface area contributed by atoms with E-state index in [-0.39, 0.29) is 12.5 Å². The summed E-state index contributed by atoms with van der Waals surface area (Å²) in [6.45, 7) is 6.34. The summed E-state index contributed by atoms with van der Waals surface area (Å²) < 4.78 is 0. The molecule has 0 aliphatic rings. The van der Waals surface area contributed by atoms with Gasteiger partial charge < -0.3 is 16.0 Å². The summed E-state index contributed by atoms with van der Waals surface area (Å²) in [5, 5.41) is 13.6. The van der Waals surface area contributed by atoms with Gasteiger partial charge in [0.25, 0.3) is 0 Å². The molecule has 3 N–H and O–H groups in total. The minimum absolute atomic E-state index is 0.0908. The number of nitrogens with zero attached hydrogens (tertiary/aromatic N) is 1. The lowest BCUT2D eigenvalue weighted by Gasteiger charge is -2.15. The monoisotopic (exact) mass is 358 g/mol. The van der Waals surface area contributed by atoms with Crippen LogP contribution in [-0.4, -0.2) is 31.5 Å². The summed E-state index contributed by atoms with van der Waals surface area (Å²) >= 11 is 1.70. The summed E-state index contributed by atoms with van der Waals surface area (Å²) in [5.74, 6) is 0.966. The highest BCUT2D eigenvalue weighted by molar-refractivity contribution is 7.07. The van der Waals surface area contributed by atoms with Gasteiger partial charge in [-0.3, -0.25) is 4.79 Å². The van der Waals surface area contributed by atoms with Crippen molar-refractivity contribution in [2.75, 3.05) is 19.6 Å². The zero-order valence-electron chi connectivity index (χ0n) is 14.8. The van der Waals surface area contributed by atoms with Gasteiger partial charge in [-0.1, -0.05) is 37.3 Å². The van der Waals surface area contributed by atoms with Gasteiger partial charge in [0.15, 0.2) is 5.96 Å². The fourth-order valence-electron chi connectivity index (χ4n) is 2.27. The fourth-order valence-corrected chi connectivity index (χ4v) is 3.05. The maximum absolute atomic E-state index is 12.0. The van der Waals surface area contributed by atoms with Crippen LogP contribution in [0.3, 0.4) is 0 Å². The third-order valence-corrected chi connectivity index (χ3v) is 4.45. The van der Waals surface area contributed by atoms with Crippen molar-refractivity contribution in [3.8, 4) is 0 Å². The van der Waals surface area contributed by atoms with Crippen LogP contribution in [0.2, 0.25) is 0 Å². The SMILES string of the molecule is CCNC(=NCC(=O)NCc1ccccc1)NCC(C)c1ccsc1. The number of guanidine groups is 1. The minimum Gasteiger partial charge on any atom is -0.357 e. The number of thiophene rings is 1. The first-order chi connectivity index (χ1) is 12.2. The number of nitrogens with one attached hydrogen (secondary N) is 3. The predicted molar refractivity (Wildman–Crippen MR) is 105 cm³/mol. The Kier molecular flexibility index (Phi) is 7.98. The Balaban J connectivity index is 1.78. The second kappa shape index (κ2) is 10.5. The van der Waals surface area contributed by atoms with Crippen molar-refractivity contribution in [2.45, 2.75) is 26.3 Å². The lowest BCUT2D eigenvalue weighted by molar-refractivity contribution is -0.119. The van der Waals surface area contributed by atoms with Crippen molar-refractivity contribution in [1.29, 1.82) is 0 Å². The Morgan fingerprint density at radius 1 is 1.16 bits per heavy atom. The molecule has 2 rings (SSSR count). The Morgan fingerprint density at radius 3 is 2.64 bits per heavy atom. The number of carbonyl (C=O) groups excluding carboxylic acids is 1. The van der Waals surface area contributed by atoms with Crippen LogP contribution in [-0.2, 0) is 11.3 Å². The van der Waals surface area contributed by atoms with Gasteiger partial charge in [0, 0.05) is 19.6 Å². The van der Waals surface area contributed by atoms with Gasteiger partial charge in [0.2, 0.25) is 5.91 Å². The van der Waals surface area contributed by atoms with Crippen molar-refractivity contribution in [3.63, 3.8) is 0 Å². The average Bonchev–Trinajstić information content (AvgIpc) is 3.17. The van der Waals surface area contributed by atoms with Crippen LogP contribution in [0.4, 0.5) is 0 Å². The summed E-state index contributed by atoms with van der Waals surface area (Å²) in [6.07, 6.45) is 0. The van der Waals surface area contributed by atoms with E-state index >= 15 is 0 Å². The molecular formula is C19H26N4OS. The molecule has 0 saturated heterocycles. The Labute approximate surface area is 153 Å². The molecule has 1 unspecified atom stereocenters. The van der Waals surface area contributed by atoms with Gasteiger partial charge >= 0.3 is 0 Å². The van der Waals surface area contributed by atoms with E-state index in [0.717, 1.165) is 18.7 Å². The predicted octanol–water partition coefficient (Wildman–Crippen LogP) is 2.72. The number of carbonyl (C=O) groups is 1. The molecule has 1 heterocycles. The second-order valence-electron chi connectivity index (χ2n) is 5.80. The van der Waals surface area contributed by atoms with E-state index < -0.39 is 0 Å². The number of amides is 1. The van der Waals surface area contributed by atoms with Crippen LogP contribution in [0.5, 0.6) is 0 Å². The topological polar surface area (TPSA) is 65.5 Å². The molecule has 5 nitrogen and oxygen atoms in total. The summed E-state index contributed by atoms with van der Waals surface area (Å²) in [5.41, 5.74) is 2.39. The quantitative estimate of drug-likeness (QED) is 0.502. The molecule has 0 fully saturated rings. The summed E-state index contributed by atoms with van der Waals surface area (Å²) in [4.78, 5) is 16.3. The van der Waals surface area contributed by atoms with Gasteiger partial charge in [-0.25, -0.2) is 4.99 Å². The normalized spacial score (nSPS) is 12.5. The van der Waals surface area contributed by atoms with Gasteiger partial charge in [0.1, 0.15) is 6.54 Å². The maximum atomic E-state index is 12.0. The standard InChI is InChI=1S/C19H26N4OS/c1-3-20-19(22-11-15(2)17-9-10-25-14-17)23-13-18(24)21-12-16-7-5-4-6-8-16/h4-10,14-15H,3,11-13H2,1-2H3,(H,21,24)(H2,20,22,23). The lowest BCUT2D eigenvalue weighted by atomic mass is 10.1. The van der Waals surface area contributed by atoms with Crippen LogP contribution in [0.15, 0.2) is 52.2 Å². The van der Waals surface area contributed by atoms with E-state index in [2.05, 4.69) is 44.7 Å². The van der Waals surface area contributed by atoms with E-state index in [4.69, 9.17) is 0 Å². The van der Waals surface area contributed by atoms with Crippen molar-refractivity contribution < 1.29 is 4.79 Å². The molecule has 25 heavy (non-hydrogen) atoms. The molecule has 0 bridgehead atoms. The van der Waals surface area contributed by atoms with E-state index in [0.29, 0.717) is 18.4 Å². The first kappa shape index (κ1) is 19.0. The molecule has 134 valence electrons. The number of aliphatic imine (C=N–C) groups is 1. The zero-order valence-corrected chi connectivity index (χ0v) is 15.6. The molecule has 1 atom stereocenters. The lowest BCUT2D eigenvalue weighted by Crippen LogP contribution is -2.40. The Hall–Kier alpha value is -2.34. The molecule has 1 aromatic heterocycles. The number of benzene rings is 1. The van der Waals surface area contributed by atoms with Crippen LogP contribution in [0.1, 0.15) is 30.9 Å². The first-order valence-corrected chi connectivity index (χ1v) is 9.48. The van der Waals surface area contributed by atoms with Gasteiger partial charge in [-0.05, 0) is 40.8 Å². The molecule has 2 aromatic rings. The molecular weight excluding hydrogens is 332 g/mol. The highest BCUT2D eigenvalue weighted by atomic mass is 32.1. The molecule has 0 radical (unpaired) electrons. The fraction of sp³-hybridized carbons (Fsp3) is 0.368. The average molecular weight is 359 g/mol. The number of hydrogen-bond acceptors (Lipinski definition) is 3. The molecule has 0 aliphatic heterocycles. The molecule has 0 saturated carbocycles. The Morgan fingerprint density at radius 2 is 1.96 bits per heavy atom. The first-order valence-electron chi connectivity index (χ1n) is 8.54. The van der Waals surface area contributed by atoms with E-state index in [1.54, 1.807) is 11.3 Å². The third kappa shape index (κ3) is 6.97. The summed E-state index contributed by atoms with van der Waals surface area (Å²) in [7, 11) is 0.